The highest BCUT2D eigenvalue weighted by molar-refractivity contribution is 7.12. The number of benzene rings is 2. The summed E-state index contributed by atoms with van der Waals surface area (Å²) < 4.78 is 0. The van der Waals surface area contributed by atoms with E-state index in [0.717, 1.165) is 28.8 Å². The molecule has 2 aromatic carbocycles. The molecule has 0 spiro atoms. The first-order valence-corrected chi connectivity index (χ1v) is 11.8. The summed E-state index contributed by atoms with van der Waals surface area (Å²) in [6.45, 7) is 4.47. The molecule has 3 aromatic rings. The molecule has 2 amide bonds. The molecule has 0 N–H and O–H groups in total. The average molecular weight is 433 g/mol. The fourth-order valence-corrected chi connectivity index (χ4v) is 4.87. The zero-order valence-corrected chi connectivity index (χ0v) is 18.7. The molecule has 1 aromatic heterocycles. The maximum atomic E-state index is 13.2. The first-order chi connectivity index (χ1) is 15.1. The molecule has 1 aliphatic rings. The quantitative estimate of drug-likeness (QED) is 0.548. The Labute approximate surface area is 188 Å². The van der Waals surface area contributed by atoms with Gasteiger partial charge in [-0.15, -0.1) is 11.3 Å². The average Bonchev–Trinajstić information content (AvgIpc) is 3.30. The van der Waals surface area contributed by atoms with Crippen LogP contribution in [-0.4, -0.2) is 47.8 Å². The third kappa shape index (κ3) is 5.23. The van der Waals surface area contributed by atoms with Gasteiger partial charge in [-0.25, -0.2) is 0 Å². The van der Waals surface area contributed by atoms with Crippen molar-refractivity contribution in [1.29, 1.82) is 0 Å². The fraction of sp³-hybridized carbons (Fsp3) is 0.308. The number of rotatable bonds is 6. The van der Waals surface area contributed by atoms with Crippen molar-refractivity contribution in [2.24, 2.45) is 0 Å². The van der Waals surface area contributed by atoms with E-state index in [2.05, 4.69) is 43.3 Å². The van der Waals surface area contributed by atoms with Crippen molar-refractivity contribution in [3.63, 3.8) is 0 Å². The van der Waals surface area contributed by atoms with Gasteiger partial charge in [-0.05, 0) is 42.3 Å². The van der Waals surface area contributed by atoms with Crippen LogP contribution in [0.1, 0.15) is 33.6 Å². The van der Waals surface area contributed by atoms with Gasteiger partial charge in [0.15, 0.2) is 0 Å². The van der Waals surface area contributed by atoms with Crippen LogP contribution in [0, 0.1) is 6.92 Å². The number of carbonyl (C=O) groups excluding carboxylic acids is 2. The molecule has 1 aliphatic heterocycles. The lowest BCUT2D eigenvalue weighted by atomic mass is 10.0. The Bertz CT molecular complexity index is 1020. The Kier molecular flexibility index (Phi) is 6.82. The molecule has 0 radical (unpaired) electrons. The number of nitrogens with zero attached hydrogens (tertiary/aromatic N) is 2. The van der Waals surface area contributed by atoms with E-state index in [4.69, 9.17) is 0 Å². The third-order valence-electron chi connectivity index (χ3n) is 5.84. The maximum absolute atomic E-state index is 13.2. The minimum Gasteiger partial charge on any atom is -0.339 e. The van der Waals surface area contributed by atoms with Gasteiger partial charge in [0, 0.05) is 38.2 Å². The Morgan fingerprint density at radius 3 is 2.26 bits per heavy atom. The van der Waals surface area contributed by atoms with E-state index >= 15 is 0 Å². The third-order valence-corrected chi connectivity index (χ3v) is 6.74. The van der Waals surface area contributed by atoms with E-state index in [9.17, 15) is 9.59 Å². The number of thiophene rings is 1. The largest absolute Gasteiger partial charge is 0.339 e. The van der Waals surface area contributed by atoms with E-state index < -0.39 is 0 Å². The van der Waals surface area contributed by atoms with Crippen LogP contribution in [-0.2, 0) is 11.2 Å². The molecule has 5 heteroatoms. The van der Waals surface area contributed by atoms with Crippen molar-refractivity contribution in [1.82, 2.24) is 9.80 Å². The molecule has 160 valence electrons. The van der Waals surface area contributed by atoms with Crippen molar-refractivity contribution in [3.05, 3.63) is 82.0 Å². The summed E-state index contributed by atoms with van der Waals surface area (Å²) in [4.78, 5) is 30.3. The Morgan fingerprint density at radius 2 is 1.55 bits per heavy atom. The van der Waals surface area contributed by atoms with Crippen LogP contribution >= 0.6 is 11.3 Å². The topological polar surface area (TPSA) is 40.6 Å². The number of aryl methyl sites for hydroxylation is 2. The number of amides is 2. The summed E-state index contributed by atoms with van der Waals surface area (Å²) in [6, 6.07) is 20.6. The molecule has 0 atom stereocenters. The molecule has 0 aliphatic carbocycles. The Hall–Kier alpha value is -2.92. The molecule has 1 fully saturated rings. The van der Waals surface area contributed by atoms with Gasteiger partial charge in [0.05, 0.1) is 4.88 Å². The first kappa shape index (κ1) is 21.3. The van der Waals surface area contributed by atoms with Crippen molar-refractivity contribution in [2.45, 2.75) is 26.2 Å². The molecule has 2 heterocycles. The minimum absolute atomic E-state index is 0.0711. The fourth-order valence-electron chi connectivity index (χ4n) is 3.98. The molecular weight excluding hydrogens is 404 g/mol. The zero-order chi connectivity index (χ0) is 21.6. The molecule has 4 nitrogen and oxygen atoms in total. The van der Waals surface area contributed by atoms with Gasteiger partial charge in [-0.3, -0.25) is 9.59 Å². The van der Waals surface area contributed by atoms with Crippen molar-refractivity contribution in [3.8, 4) is 11.1 Å². The summed E-state index contributed by atoms with van der Waals surface area (Å²) in [5.74, 6) is 0.265. The highest BCUT2D eigenvalue weighted by Gasteiger charge is 2.26. The predicted octanol–water partition coefficient (Wildman–Crippen LogP) is 5.03. The van der Waals surface area contributed by atoms with Crippen molar-refractivity contribution in [2.75, 3.05) is 26.2 Å². The standard InChI is InChI=1S/C26H28N2O2S/c1-20-10-12-22(13-11-20)23-14-19-31-25(23)26(30)28-17-15-27(16-18-28)24(29)9-5-8-21-6-3-2-4-7-21/h2-4,6-7,10-14,19H,5,8-9,15-18H2,1H3. The summed E-state index contributed by atoms with van der Waals surface area (Å²) in [5.41, 5.74) is 4.54. The van der Waals surface area contributed by atoms with Crippen LogP contribution in [0.2, 0.25) is 0 Å². The molecule has 0 saturated carbocycles. The Morgan fingerprint density at radius 1 is 0.871 bits per heavy atom. The van der Waals surface area contributed by atoms with E-state index in [1.54, 1.807) is 0 Å². The van der Waals surface area contributed by atoms with E-state index in [1.165, 1.54) is 22.5 Å². The normalized spacial score (nSPS) is 14.0. The van der Waals surface area contributed by atoms with Crippen LogP contribution in [0.25, 0.3) is 11.1 Å². The smallest absolute Gasteiger partial charge is 0.264 e. The molecule has 0 bridgehead atoms. The van der Waals surface area contributed by atoms with Crippen LogP contribution in [0.15, 0.2) is 66.0 Å². The van der Waals surface area contributed by atoms with Crippen LogP contribution in [0.4, 0.5) is 0 Å². The first-order valence-electron chi connectivity index (χ1n) is 10.9. The molecule has 0 unspecified atom stereocenters. The zero-order valence-electron chi connectivity index (χ0n) is 17.9. The second-order valence-corrected chi connectivity index (χ2v) is 8.96. The van der Waals surface area contributed by atoms with Gasteiger partial charge in [-0.2, -0.15) is 0 Å². The number of carbonyl (C=O) groups is 2. The van der Waals surface area contributed by atoms with E-state index in [0.29, 0.717) is 32.6 Å². The van der Waals surface area contributed by atoms with Crippen LogP contribution in [0.3, 0.4) is 0 Å². The summed E-state index contributed by atoms with van der Waals surface area (Å²) in [7, 11) is 0. The molecule has 31 heavy (non-hydrogen) atoms. The van der Waals surface area contributed by atoms with Gasteiger partial charge >= 0.3 is 0 Å². The molecule has 4 rings (SSSR count). The number of piperazine rings is 1. The van der Waals surface area contributed by atoms with Gasteiger partial charge in [0.25, 0.3) is 5.91 Å². The highest BCUT2D eigenvalue weighted by atomic mass is 32.1. The van der Waals surface area contributed by atoms with E-state index in [1.807, 2.05) is 39.4 Å². The minimum atomic E-state index is 0.0711. The lowest BCUT2D eigenvalue weighted by molar-refractivity contribution is -0.132. The summed E-state index contributed by atoms with van der Waals surface area (Å²) >= 11 is 1.49. The van der Waals surface area contributed by atoms with E-state index in [-0.39, 0.29) is 11.8 Å². The van der Waals surface area contributed by atoms with Gasteiger partial charge < -0.3 is 9.80 Å². The predicted molar refractivity (Wildman–Crippen MR) is 126 cm³/mol. The second-order valence-electron chi connectivity index (χ2n) is 8.04. The van der Waals surface area contributed by atoms with Crippen molar-refractivity contribution < 1.29 is 9.59 Å². The van der Waals surface area contributed by atoms with Gasteiger partial charge in [0.2, 0.25) is 5.91 Å². The number of hydrogen-bond donors (Lipinski definition) is 0. The second kappa shape index (κ2) is 9.92. The molecule has 1 saturated heterocycles. The SMILES string of the molecule is Cc1ccc(-c2ccsc2C(=O)N2CCN(C(=O)CCCc3ccccc3)CC2)cc1. The monoisotopic (exact) mass is 432 g/mol. The van der Waals surface area contributed by atoms with Crippen molar-refractivity contribution >= 4 is 23.2 Å². The summed E-state index contributed by atoms with van der Waals surface area (Å²) in [5, 5.41) is 1.98. The lowest BCUT2D eigenvalue weighted by Crippen LogP contribution is -2.50. The maximum Gasteiger partial charge on any atom is 0.264 e. The van der Waals surface area contributed by atoms with Gasteiger partial charge in [-0.1, -0.05) is 60.2 Å². The van der Waals surface area contributed by atoms with Crippen LogP contribution in [0.5, 0.6) is 0 Å². The Balaban J connectivity index is 1.30. The molecular formula is C26H28N2O2S. The van der Waals surface area contributed by atoms with Gasteiger partial charge in [0.1, 0.15) is 0 Å². The lowest BCUT2D eigenvalue weighted by Gasteiger charge is -2.34. The van der Waals surface area contributed by atoms with Crippen LogP contribution < -0.4 is 0 Å². The summed E-state index contributed by atoms with van der Waals surface area (Å²) in [6.07, 6.45) is 2.34. The number of hydrogen-bond acceptors (Lipinski definition) is 3. The highest BCUT2D eigenvalue weighted by Crippen LogP contribution is 2.30.